The van der Waals surface area contributed by atoms with Crippen LogP contribution in [0.3, 0.4) is 0 Å². The van der Waals surface area contributed by atoms with Crippen molar-refractivity contribution < 1.29 is 14.1 Å². The highest BCUT2D eigenvalue weighted by atomic mass is 32.2. The standard InChI is InChI=1S/C10H10FN3O3S/c11-7-3-6(14(16)17)1-2-8(7)13-10(15)9-4-18-5-12-9/h1-3,9,12H,4-5H2,(H,13,15). The number of halogens is 1. The van der Waals surface area contributed by atoms with Crippen LogP contribution in [0.1, 0.15) is 0 Å². The van der Waals surface area contributed by atoms with Crippen molar-refractivity contribution in [2.24, 2.45) is 0 Å². The molecule has 1 amide bonds. The van der Waals surface area contributed by atoms with Crippen LogP contribution in [0, 0.1) is 15.9 Å². The summed E-state index contributed by atoms with van der Waals surface area (Å²) >= 11 is 1.58. The van der Waals surface area contributed by atoms with E-state index in [9.17, 15) is 19.3 Å². The first-order chi connectivity index (χ1) is 8.58. The minimum absolute atomic E-state index is 0.0516. The van der Waals surface area contributed by atoms with Crippen LogP contribution in [-0.2, 0) is 4.79 Å². The van der Waals surface area contributed by atoms with E-state index in [0.29, 0.717) is 11.6 Å². The second-order valence-corrected chi connectivity index (χ2v) is 4.71. The minimum atomic E-state index is -0.816. The molecule has 0 bridgehead atoms. The topological polar surface area (TPSA) is 84.3 Å². The predicted molar refractivity (Wildman–Crippen MR) is 65.9 cm³/mol. The number of thioether (sulfide) groups is 1. The number of amides is 1. The SMILES string of the molecule is O=C(Nc1ccc([N+](=O)[O-])cc1F)C1CSCN1. The van der Waals surface area contributed by atoms with Crippen molar-refractivity contribution in [1.29, 1.82) is 0 Å². The first kappa shape index (κ1) is 12.8. The molecule has 1 aliphatic rings. The van der Waals surface area contributed by atoms with Gasteiger partial charge in [0, 0.05) is 17.7 Å². The lowest BCUT2D eigenvalue weighted by atomic mass is 10.2. The van der Waals surface area contributed by atoms with E-state index >= 15 is 0 Å². The lowest BCUT2D eigenvalue weighted by molar-refractivity contribution is -0.385. The van der Waals surface area contributed by atoms with Crippen LogP contribution >= 0.6 is 11.8 Å². The summed E-state index contributed by atoms with van der Waals surface area (Å²) in [4.78, 5) is 21.4. The van der Waals surface area contributed by atoms with Gasteiger partial charge in [-0.15, -0.1) is 11.8 Å². The highest BCUT2D eigenvalue weighted by Crippen LogP contribution is 2.21. The number of carbonyl (C=O) groups is 1. The van der Waals surface area contributed by atoms with Gasteiger partial charge in [-0.3, -0.25) is 20.2 Å². The number of anilines is 1. The maximum absolute atomic E-state index is 13.5. The van der Waals surface area contributed by atoms with Gasteiger partial charge < -0.3 is 5.32 Å². The number of nitro benzene ring substituents is 1. The van der Waals surface area contributed by atoms with E-state index in [1.54, 1.807) is 11.8 Å². The number of carbonyl (C=O) groups excluding carboxylic acids is 1. The second kappa shape index (κ2) is 5.32. The van der Waals surface area contributed by atoms with Gasteiger partial charge in [-0.25, -0.2) is 4.39 Å². The Labute approximate surface area is 106 Å². The van der Waals surface area contributed by atoms with Crippen LogP contribution in [0.5, 0.6) is 0 Å². The second-order valence-electron chi connectivity index (χ2n) is 3.68. The molecule has 1 aromatic rings. The van der Waals surface area contributed by atoms with Crippen LogP contribution in [0.15, 0.2) is 18.2 Å². The lowest BCUT2D eigenvalue weighted by Gasteiger charge is -2.10. The van der Waals surface area contributed by atoms with Gasteiger partial charge >= 0.3 is 0 Å². The van der Waals surface area contributed by atoms with Gasteiger partial charge in [0.15, 0.2) is 5.82 Å². The summed E-state index contributed by atoms with van der Waals surface area (Å²) in [5.74, 6) is 0.150. The van der Waals surface area contributed by atoms with Crippen molar-refractivity contribution in [2.75, 3.05) is 16.9 Å². The van der Waals surface area contributed by atoms with Crippen LogP contribution in [0.2, 0.25) is 0 Å². The van der Waals surface area contributed by atoms with E-state index in [4.69, 9.17) is 0 Å². The molecule has 1 atom stereocenters. The van der Waals surface area contributed by atoms with E-state index < -0.39 is 10.7 Å². The Morgan fingerprint density at radius 2 is 2.39 bits per heavy atom. The molecule has 96 valence electrons. The highest BCUT2D eigenvalue weighted by Gasteiger charge is 2.23. The number of nitro groups is 1. The van der Waals surface area contributed by atoms with Gasteiger partial charge in [0.1, 0.15) is 0 Å². The average molecular weight is 271 g/mol. The molecule has 18 heavy (non-hydrogen) atoms. The molecular weight excluding hydrogens is 261 g/mol. The fourth-order valence-electron chi connectivity index (χ4n) is 1.50. The minimum Gasteiger partial charge on any atom is -0.322 e. The fourth-order valence-corrected chi connectivity index (χ4v) is 2.44. The molecule has 0 spiro atoms. The van der Waals surface area contributed by atoms with E-state index in [1.165, 1.54) is 6.07 Å². The molecular formula is C10H10FN3O3S. The third-order valence-corrected chi connectivity index (χ3v) is 3.39. The van der Waals surface area contributed by atoms with E-state index in [-0.39, 0.29) is 23.3 Å². The third-order valence-electron chi connectivity index (χ3n) is 2.45. The van der Waals surface area contributed by atoms with Crippen molar-refractivity contribution in [3.8, 4) is 0 Å². The number of nitrogens with zero attached hydrogens (tertiary/aromatic N) is 1. The smallest absolute Gasteiger partial charge is 0.272 e. The molecule has 1 heterocycles. The van der Waals surface area contributed by atoms with Gasteiger partial charge in [-0.05, 0) is 6.07 Å². The average Bonchev–Trinajstić information content (AvgIpc) is 2.85. The maximum atomic E-state index is 13.5. The Kier molecular flexibility index (Phi) is 3.78. The van der Waals surface area contributed by atoms with Crippen molar-refractivity contribution in [3.05, 3.63) is 34.1 Å². The number of rotatable bonds is 3. The summed E-state index contributed by atoms with van der Waals surface area (Å²) in [6.07, 6.45) is 0. The zero-order valence-electron chi connectivity index (χ0n) is 9.18. The van der Waals surface area contributed by atoms with Crippen LogP contribution in [0.25, 0.3) is 0 Å². The number of benzene rings is 1. The number of hydrogen-bond acceptors (Lipinski definition) is 5. The molecule has 1 fully saturated rings. The summed E-state index contributed by atoms with van der Waals surface area (Å²) in [5.41, 5.74) is -0.399. The summed E-state index contributed by atoms with van der Waals surface area (Å²) < 4.78 is 13.5. The van der Waals surface area contributed by atoms with E-state index in [2.05, 4.69) is 10.6 Å². The maximum Gasteiger partial charge on any atom is 0.272 e. The van der Waals surface area contributed by atoms with Gasteiger partial charge in [0.2, 0.25) is 5.91 Å². The van der Waals surface area contributed by atoms with Gasteiger partial charge in [-0.2, -0.15) is 0 Å². The van der Waals surface area contributed by atoms with E-state index in [0.717, 1.165) is 12.1 Å². The van der Waals surface area contributed by atoms with Crippen molar-refractivity contribution >= 4 is 29.0 Å². The van der Waals surface area contributed by atoms with Crippen LogP contribution in [-0.4, -0.2) is 28.5 Å². The molecule has 6 nitrogen and oxygen atoms in total. The van der Waals surface area contributed by atoms with Gasteiger partial charge in [0.05, 0.1) is 22.7 Å². The molecule has 0 saturated carbocycles. The van der Waals surface area contributed by atoms with Crippen molar-refractivity contribution in [3.63, 3.8) is 0 Å². The first-order valence-corrected chi connectivity index (χ1v) is 6.29. The Morgan fingerprint density at radius 1 is 1.61 bits per heavy atom. The summed E-state index contributed by atoms with van der Waals surface area (Å²) in [6, 6.07) is 2.76. The highest BCUT2D eigenvalue weighted by molar-refractivity contribution is 7.99. The largest absolute Gasteiger partial charge is 0.322 e. The Hall–Kier alpha value is -1.67. The summed E-state index contributed by atoms with van der Waals surface area (Å²) in [5, 5.41) is 15.8. The summed E-state index contributed by atoms with van der Waals surface area (Å²) in [7, 11) is 0. The van der Waals surface area contributed by atoms with Gasteiger partial charge in [-0.1, -0.05) is 0 Å². The number of hydrogen-bond donors (Lipinski definition) is 2. The lowest BCUT2D eigenvalue weighted by Crippen LogP contribution is -2.37. The zero-order valence-corrected chi connectivity index (χ0v) is 10.00. The van der Waals surface area contributed by atoms with Crippen molar-refractivity contribution in [2.45, 2.75) is 6.04 Å². The molecule has 0 aliphatic carbocycles. The molecule has 0 aromatic heterocycles. The molecule has 2 rings (SSSR count). The molecule has 1 unspecified atom stereocenters. The van der Waals surface area contributed by atoms with Crippen molar-refractivity contribution in [1.82, 2.24) is 5.32 Å². The Balaban J connectivity index is 2.09. The quantitative estimate of drug-likeness (QED) is 0.640. The normalized spacial score (nSPS) is 18.6. The Morgan fingerprint density at radius 3 is 2.94 bits per heavy atom. The third kappa shape index (κ3) is 2.77. The first-order valence-electron chi connectivity index (χ1n) is 5.14. The van der Waals surface area contributed by atoms with Crippen LogP contribution < -0.4 is 10.6 Å². The van der Waals surface area contributed by atoms with Gasteiger partial charge in [0.25, 0.3) is 5.69 Å². The monoisotopic (exact) mass is 271 g/mol. The van der Waals surface area contributed by atoms with Crippen LogP contribution in [0.4, 0.5) is 15.8 Å². The predicted octanol–water partition coefficient (Wildman–Crippen LogP) is 1.33. The summed E-state index contributed by atoms with van der Waals surface area (Å²) in [6.45, 7) is 0. The molecule has 0 radical (unpaired) electrons. The number of nitrogens with one attached hydrogen (secondary N) is 2. The number of non-ortho nitro benzene ring substituents is 1. The van der Waals surface area contributed by atoms with E-state index in [1.807, 2.05) is 0 Å². The molecule has 1 saturated heterocycles. The molecule has 1 aromatic carbocycles. The zero-order chi connectivity index (χ0) is 13.1. The Bertz CT molecular complexity index is 491. The molecule has 1 aliphatic heterocycles. The molecule has 8 heteroatoms. The molecule has 2 N–H and O–H groups in total. The fraction of sp³-hybridized carbons (Fsp3) is 0.300.